The fourth-order valence-electron chi connectivity index (χ4n) is 3.09. The van der Waals surface area contributed by atoms with Crippen molar-refractivity contribution in [2.75, 3.05) is 5.73 Å². The Kier molecular flexibility index (Phi) is 5.02. The van der Waals surface area contributed by atoms with Crippen LogP contribution < -0.4 is 11.1 Å². The van der Waals surface area contributed by atoms with Crippen molar-refractivity contribution >= 4 is 23.7 Å². The van der Waals surface area contributed by atoms with Crippen LogP contribution in [0.5, 0.6) is 0 Å². The van der Waals surface area contributed by atoms with Gasteiger partial charge in [0.2, 0.25) is 5.91 Å². The number of imide groups is 1. The van der Waals surface area contributed by atoms with Crippen LogP contribution in [0.2, 0.25) is 0 Å². The summed E-state index contributed by atoms with van der Waals surface area (Å²) in [5.41, 5.74) is 6.91. The molecule has 2 aromatic rings. The molecular weight excluding hydrogens is 350 g/mol. The average Bonchev–Trinajstić information content (AvgIpc) is 2.64. The number of pyridine rings is 2. The number of carboxylic acid groups (broad SMARTS) is 1. The van der Waals surface area contributed by atoms with E-state index >= 15 is 0 Å². The van der Waals surface area contributed by atoms with E-state index in [1.807, 2.05) is 0 Å². The van der Waals surface area contributed by atoms with Crippen molar-refractivity contribution in [3.63, 3.8) is 0 Å². The lowest BCUT2D eigenvalue weighted by Gasteiger charge is -2.43. The molecule has 0 radical (unpaired) electrons. The minimum atomic E-state index is -1.23. The summed E-state index contributed by atoms with van der Waals surface area (Å²) in [7, 11) is 0. The van der Waals surface area contributed by atoms with Gasteiger partial charge in [0.1, 0.15) is 5.82 Å². The van der Waals surface area contributed by atoms with Crippen LogP contribution in [-0.2, 0) is 16.0 Å². The molecule has 3 amide bonds. The van der Waals surface area contributed by atoms with E-state index in [1.54, 1.807) is 43.5 Å². The summed E-state index contributed by atoms with van der Waals surface area (Å²) in [6, 6.07) is 6.03. The van der Waals surface area contributed by atoms with Gasteiger partial charge in [-0.2, -0.15) is 0 Å². The van der Waals surface area contributed by atoms with Crippen molar-refractivity contribution in [3.8, 4) is 0 Å². The van der Waals surface area contributed by atoms with Crippen LogP contribution in [0.1, 0.15) is 24.2 Å². The van der Waals surface area contributed by atoms with Crippen molar-refractivity contribution < 1.29 is 19.5 Å². The van der Waals surface area contributed by atoms with Gasteiger partial charge in [-0.1, -0.05) is 6.07 Å². The quantitative estimate of drug-likeness (QED) is 0.668. The monoisotopic (exact) mass is 369 g/mol. The molecule has 1 aliphatic heterocycles. The van der Waals surface area contributed by atoms with Crippen LogP contribution in [0, 0.1) is 5.92 Å². The molecule has 0 bridgehead atoms. The van der Waals surface area contributed by atoms with Gasteiger partial charge in [0.05, 0.1) is 17.7 Å². The second-order valence-corrected chi connectivity index (χ2v) is 6.32. The molecule has 9 nitrogen and oxygen atoms in total. The van der Waals surface area contributed by atoms with Gasteiger partial charge in [0, 0.05) is 12.4 Å². The Hall–Kier alpha value is -3.49. The number of aromatic nitrogens is 2. The maximum absolute atomic E-state index is 12.5. The van der Waals surface area contributed by atoms with E-state index in [-0.39, 0.29) is 12.2 Å². The zero-order valence-electron chi connectivity index (χ0n) is 14.6. The number of urea groups is 1. The van der Waals surface area contributed by atoms with Gasteiger partial charge in [-0.05, 0) is 43.2 Å². The largest absolute Gasteiger partial charge is 0.480 e. The smallest absolute Gasteiger partial charge is 0.327 e. The first-order valence-electron chi connectivity index (χ1n) is 8.36. The fourth-order valence-corrected chi connectivity index (χ4v) is 3.09. The van der Waals surface area contributed by atoms with E-state index in [0.717, 1.165) is 4.90 Å². The Morgan fingerprint density at radius 1 is 1.30 bits per heavy atom. The minimum Gasteiger partial charge on any atom is -0.480 e. The maximum atomic E-state index is 12.5. The second kappa shape index (κ2) is 7.40. The molecule has 4 N–H and O–H groups in total. The number of likely N-dealkylation sites (tertiary alicyclic amines) is 1. The summed E-state index contributed by atoms with van der Waals surface area (Å²) in [6.45, 7) is 1.71. The SMILES string of the molecule is C[C@@H](NC(=O)N1C(=O)C(Cc2ccnc(N)c2)[C@H]1C(=O)O)c1ccccn1. The Labute approximate surface area is 155 Å². The van der Waals surface area contributed by atoms with Gasteiger partial charge in [0.25, 0.3) is 0 Å². The topological polar surface area (TPSA) is 139 Å². The number of anilines is 1. The molecular formula is C18H19N5O4. The van der Waals surface area contributed by atoms with Crippen molar-refractivity contribution in [1.29, 1.82) is 0 Å². The number of carboxylic acids is 1. The Morgan fingerprint density at radius 2 is 2.07 bits per heavy atom. The first kappa shape index (κ1) is 18.3. The molecule has 0 aliphatic carbocycles. The van der Waals surface area contributed by atoms with Gasteiger partial charge >= 0.3 is 12.0 Å². The number of rotatable bonds is 5. The van der Waals surface area contributed by atoms with E-state index in [2.05, 4.69) is 15.3 Å². The van der Waals surface area contributed by atoms with Crippen LogP contribution in [-0.4, -0.2) is 43.9 Å². The normalized spacial score (nSPS) is 19.9. The van der Waals surface area contributed by atoms with Gasteiger partial charge in [0.15, 0.2) is 6.04 Å². The number of nitrogen functional groups attached to an aromatic ring is 1. The summed E-state index contributed by atoms with van der Waals surface area (Å²) in [5, 5.41) is 12.1. The second-order valence-electron chi connectivity index (χ2n) is 6.32. The number of β-lactam (4-membered cyclic amide) rings is 1. The number of aliphatic carboxylic acids is 1. The van der Waals surface area contributed by atoms with Gasteiger partial charge < -0.3 is 16.2 Å². The van der Waals surface area contributed by atoms with Crippen LogP contribution >= 0.6 is 0 Å². The van der Waals surface area contributed by atoms with Gasteiger partial charge in [-0.25, -0.2) is 19.5 Å². The number of nitrogens with zero attached hydrogens (tertiary/aromatic N) is 3. The third-order valence-corrected chi connectivity index (χ3v) is 4.46. The highest BCUT2D eigenvalue weighted by atomic mass is 16.4. The third-order valence-electron chi connectivity index (χ3n) is 4.46. The maximum Gasteiger partial charge on any atom is 0.327 e. The van der Waals surface area contributed by atoms with E-state index in [4.69, 9.17) is 5.73 Å². The lowest BCUT2D eigenvalue weighted by Crippen LogP contribution is -2.68. The van der Waals surface area contributed by atoms with Gasteiger partial charge in [-0.3, -0.25) is 9.78 Å². The molecule has 1 aliphatic rings. The molecule has 1 saturated heterocycles. The number of hydrogen-bond acceptors (Lipinski definition) is 6. The Balaban J connectivity index is 1.71. The molecule has 3 heterocycles. The van der Waals surface area contributed by atoms with E-state index in [1.165, 1.54) is 6.20 Å². The lowest BCUT2D eigenvalue weighted by molar-refractivity contribution is -0.165. The Bertz CT molecular complexity index is 873. The molecule has 1 fully saturated rings. The minimum absolute atomic E-state index is 0.169. The van der Waals surface area contributed by atoms with Crippen molar-refractivity contribution in [2.24, 2.45) is 5.92 Å². The van der Waals surface area contributed by atoms with Crippen molar-refractivity contribution in [1.82, 2.24) is 20.2 Å². The zero-order valence-corrected chi connectivity index (χ0v) is 14.6. The predicted molar refractivity (Wildman–Crippen MR) is 95.3 cm³/mol. The lowest BCUT2D eigenvalue weighted by atomic mass is 9.82. The summed E-state index contributed by atoms with van der Waals surface area (Å²) >= 11 is 0. The summed E-state index contributed by atoms with van der Waals surface area (Å²) < 4.78 is 0. The molecule has 27 heavy (non-hydrogen) atoms. The first-order chi connectivity index (χ1) is 12.9. The molecule has 3 atom stereocenters. The third kappa shape index (κ3) is 3.71. The number of nitrogens with one attached hydrogen (secondary N) is 1. The van der Waals surface area contributed by atoms with Crippen LogP contribution in [0.4, 0.5) is 10.6 Å². The van der Waals surface area contributed by atoms with Crippen molar-refractivity contribution in [2.45, 2.75) is 25.4 Å². The highest BCUT2D eigenvalue weighted by molar-refractivity contribution is 6.07. The molecule has 0 saturated carbocycles. The molecule has 1 unspecified atom stereocenters. The standard InChI is InChI=1S/C18H19N5O4/c1-10(13-4-2-3-6-20-13)22-18(27)23-15(17(25)26)12(16(23)24)8-11-5-7-21-14(19)9-11/h2-7,9-10,12,15H,8H2,1H3,(H2,19,21)(H,22,27)(H,25,26)/t10-,12?,15+/m1/s1. The number of hydrogen-bond donors (Lipinski definition) is 3. The first-order valence-corrected chi connectivity index (χ1v) is 8.36. The molecule has 0 aromatic carbocycles. The van der Waals surface area contributed by atoms with Crippen molar-refractivity contribution in [3.05, 3.63) is 54.0 Å². The fraction of sp³-hybridized carbons (Fsp3) is 0.278. The highest BCUT2D eigenvalue weighted by Gasteiger charge is 2.54. The van der Waals surface area contributed by atoms with Crippen LogP contribution in [0.25, 0.3) is 0 Å². The van der Waals surface area contributed by atoms with E-state index in [9.17, 15) is 19.5 Å². The molecule has 0 spiro atoms. The molecule has 140 valence electrons. The summed E-state index contributed by atoms with van der Waals surface area (Å²) in [5.74, 6) is -2.32. The predicted octanol–water partition coefficient (Wildman–Crippen LogP) is 0.984. The van der Waals surface area contributed by atoms with E-state index in [0.29, 0.717) is 11.3 Å². The summed E-state index contributed by atoms with van der Waals surface area (Å²) in [4.78, 5) is 45.3. The van der Waals surface area contributed by atoms with Crippen LogP contribution in [0.3, 0.4) is 0 Å². The summed E-state index contributed by atoms with van der Waals surface area (Å²) in [6.07, 6.45) is 3.24. The highest BCUT2D eigenvalue weighted by Crippen LogP contribution is 2.31. The number of nitrogens with two attached hydrogens (primary N) is 1. The molecule has 2 aromatic heterocycles. The zero-order chi connectivity index (χ0) is 19.6. The van der Waals surface area contributed by atoms with E-state index < -0.39 is 35.9 Å². The Morgan fingerprint density at radius 3 is 2.70 bits per heavy atom. The number of carbonyl (C=O) groups excluding carboxylic acids is 2. The number of amides is 3. The molecule has 3 rings (SSSR count). The molecule has 9 heteroatoms. The van der Waals surface area contributed by atoms with Gasteiger partial charge in [-0.15, -0.1) is 0 Å². The van der Waals surface area contributed by atoms with Crippen LogP contribution in [0.15, 0.2) is 42.7 Å². The number of carbonyl (C=O) groups is 3. The average molecular weight is 369 g/mol.